The SMILES string of the molecule is CCC1CN(C(=O)CCC2CCCNC2)CCS1. The summed E-state index contributed by atoms with van der Waals surface area (Å²) in [5.74, 6) is 2.23. The van der Waals surface area contributed by atoms with Gasteiger partial charge in [-0.25, -0.2) is 0 Å². The van der Waals surface area contributed by atoms with Gasteiger partial charge in [0, 0.05) is 30.5 Å². The highest BCUT2D eigenvalue weighted by Gasteiger charge is 2.23. The Kier molecular flexibility index (Phi) is 5.83. The fourth-order valence-electron chi connectivity index (χ4n) is 2.85. The number of amides is 1. The summed E-state index contributed by atoms with van der Waals surface area (Å²) in [4.78, 5) is 14.3. The van der Waals surface area contributed by atoms with Crippen LogP contribution < -0.4 is 5.32 Å². The molecule has 2 aliphatic rings. The molecule has 0 radical (unpaired) electrons. The van der Waals surface area contributed by atoms with Crippen molar-refractivity contribution in [2.45, 2.75) is 44.3 Å². The van der Waals surface area contributed by atoms with Crippen LogP contribution in [0.2, 0.25) is 0 Å². The molecule has 2 fully saturated rings. The van der Waals surface area contributed by atoms with E-state index in [9.17, 15) is 4.79 Å². The van der Waals surface area contributed by atoms with Crippen molar-refractivity contribution < 1.29 is 4.79 Å². The third-order valence-corrected chi connectivity index (χ3v) is 5.48. The lowest BCUT2D eigenvalue weighted by molar-refractivity contribution is -0.131. The van der Waals surface area contributed by atoms with Crippen molar-refractivity contribution in [1.82, 2.24) is 10.2 Å². The van der Waals surface area contributed by atoms with Gasteiger partial charge in [-0.2, -0.15) is 11.8 Å². The molecule has 2 aliphatic heterocycles. The predicted molar refractivity (Wildman–Crippen MR) is 77.9 cm³/mol. The Hall–Kier alpha value is -0.220. The second-order valence-corrected chi connectivity index (χ2v) is 6.90. The number of hydrogen-bond donors (Lipinski definition) is 1. The van der Waals surface area contributed by atoms with E-state index in [0.29, 0.717) is 11.2 Å². The Bertz CT molecular complexity index is 267. The summed E-state index contributed by atoms with van der Waals surface area (Å²) in [7, 11) is 0. The van der Waals surface area contributed by atoms with Gasteiger partial charge < -0.3 is 10.2 Å². The quantitative estimate of drug-likeness (QED) is 0.849. The van der Waals surface area contributed by atoms with Gasteiger partial charge in [0.25, 0.3) is 0 Å². The van der Waals surface area contributed by atoms with Gasteiger partial charge in [0.2, 0.25) is 5.91 Å². The zero-order valence-corrected chi connectivity index (χ0v) is 12.3. The number of piperidine rings is 1. The van der Waals surface area contributed by atoms with Gasteiger partial charge in [-0.3, -0.25) is 4.79 Å². The molecule has 0 bridgehead atoms. The Morgan fingerprint density at radius 1 is 1.50 bits per heavy atom. The first-order chi connectivity index (χ1) is 8.79. The molecule has 2 saturated heterocycles. The summed E-state index contributed by atoms with van der Waals surface area (Å²) in [6, 6.07) is 0. The van der Waals surface area contributed by atoms with Crippen LogP contribution in [0.3, 0.4) is 0 Å². The molecular weight excluding hydrogens is 244 g/mol. The molecule has 1 N–H and O–H groups in total. The van der Waals surface area contributed by atoms with Crippen molar-refractivity contribution >= 4 is 17.7 Å². The summed E-state index contributed by atoms with van der Waals surface area (Å²) in [6.07, 6.45) is 5.59. The summed E-state index contributed by atoms with van der Waals surface area (Å²) in [5.41, 5.74) is 0. The molecule has 2 atom stereocenters. The minimum absolute atomic E-state index is 0.388. The molecule has 0 aromatic rings. The molecule has 1 amide bonds. The Labute approximate surface area is 115 Å². The zero-order valence-electron chi connectivity index (χ0n) is 11.5. The van der Waals surface area contributed by atoms with E-state index in [2.05, 4.69) is 17.1 Å². The normalized spacial score (nSPS) is 29.3. The van der Waals surface area contributed by atoms with Crippen LogP contribution in [-0.2, 0) is 4.79 Å². The van der Waals surface area contributed by atoms with Crippen LogP contribution in [0.5, 0.6) is 0 Å². The van der Waals surface area contributed by atoms with Gasteiger partial charge in [0.1, 0.15) is 0 Å². The van der Waals surface area contributed by atoms with Gasteiger partial charge in [-0.05, 0) is 44.7 Å². The third-order valence-electron chi connectivity index (χ3n) is 4.11. The number of nitrogens with zero attached hydrogens (tertiary/aromatic N) is 1. The van der Waals surface area contributed by atoms with E-state index in [0.717, 1.165) is 50.7 Å². The molecule has 0 aromatic carbocycles. The monoisotopic (exact) mass is 270 g/mol. The first-order valence-corrected chi connectivity index (χ1v) is 8.44. The largest absolute Gasteiger partial charge is 0.341 e. The van der Waals surface area contributed by atoms with Gasteiger partial charge in [0.05, 0.1) is 0 Å². The maximum atomic E-state index is 12.2. The van der Waals surface area contributed by atoms with E-state index in [1.807, 2.05) is 11.8 Å². The summed E-state index contributed by atoms with van der Waals surface area (Å²) in [6.45, 7) is 6.43. The first-order valence-electron chi connectivity index (χ1n) is 7.39. The van der Waals surface area contributed by atoms with Crippen molar-refractivity contribution in [3.8, 4) is 0 Å². The highest BCUT2D eigenvalue weighted by Crippen LogP contribution is 2.23. The van der Waals surface area contributed by atoms with Crippen LogP contribution in [0.25, 0.3) is 0 Å². The maximum Gasteiger partial charge on any atom is 0.222 e. The summed E-state index contributed by atoms with van der Waals surface area (Å²) < 4.78 is 0. The summed E-state index contributed by atoms with van der Waals surface area (Å²) >= 11 is 2.03. The Morgan fingerprint density at radius 2 is 2.39 bits per heavy atom. The molecule has 2 heterocycles. The fraction of sp³-hybridized carbons (Fsp3) is 0.929. The minimum atomic E-state index is 0.388. The Morgan fingerprint density at radius 3 is 3.11 bits per heavy atom. The zero-order chi connectivity index (χ0) is 12.8. The van der Waals surface area contributed by atoms with E-state index in [1.165, 1.54) is 19.3 Å². The van der Waals surface area contributed by atoms with Crippen LogP contribution in [0.4, 0.5) is 0 Å². The van der Waals surface area contributed by atoms with Crippen LogP contribution in [-0.4, -0.2) is 48.0 Å². The van der Waals surface area contributed by atoms with Crippen molar-refractivity contribution in [2.24, 2.45) is 5.92 Å². The van der Waals surface area contributed by atoms with Crippen molar-refractivity contribution in [3.05, 3.63) is 0 Å². The number of thioether (sulfide) groups is 1. The lowest BCUT2D eigenvalue weighted by Crippen LogP contribution is -2.42. The third kappa shape index (κ3) is 4.16. The van der Waals surface area contributed by atoms with Crippen molar-refractivity contribution in [3.63, 3.8) is 0 Å². The van der Waals surface area contributed by atoms with Crippen LogP contribution in [0, 0.1) is 5.92 Å². The average molecular weight is 270 g/mol. The van der Waals surface area contributed by atoms with Gasteiger partial charge in [-0.15, -0.1) is 0 Å². The minimum Gasteiger partial charge on any atom is -0.341 e. The molecule has 0 spiro atoms. The van der Waals surface area contributed by atoms with Gasteiger partial charge in [-0.1, -0.05) is 6.92 Å². The average Bonchev–Trinajstić information content (AvgIpc) is 2.46. The van der Waals surface area contributed by atoms with E-state index >= 15 is 0 Å². The second kappa shape index (κ2) is 7.39. The smallest absolute Gasteiger partial charge is 0.222 e. The fourth-order valence-corrected chi connectivity index (χ4v) is 4.03. The molecule has 0 aromatic heterocycles. The molecule has 4 heteroatoms. The maximum absolute atomic E-state index is 12.2. The topological polar surface area (TPSA) is 32.3 Å². The van der Waals surface area contributed by atoms with Crippen molar-refractivity contribution in [1.29, 1.82) is 0 Å². The standard InChI is InChI=1S/C14H26N2OS/c1-2-13-11-16(8-9-18-13)14(17)6-5-12-4-3-7-15-10-12/h12-13,15H,2-11H2,1H3. The molecule has 2 rings (SSSR count). The molecule has 18 heavy (non-hydrogen) atoms. The second-order valence-electron chi connectivity index (χ2n) is 5.49. The van der Waals surface area contributed by atoms with Gasteiger partial charge in [0.15, 0.2) is 0 Å². The van der Waals surface area contributed by atoms with Crippen molar-refractivity contribution in [2.75, 3.05) is 31.9 Å². The molecule has 104 valence electrons. The predicted octanol–water partition coefficient (Wildman–Crippen LogP) is 2.12. The van der Waals surface area contributed by atoms with Crippen LogP contribution >= 0.6 is 11.8 Å². The van der Waals surface area contributed by atoms with Gasteiger partial charge >= 0.3 is 0 Å². The number of carbonyl (C=O) groups excluding carboxylic acids is 1. The van der Waals surface area contributed by atoms with Crippen LogP contribution in [0.15, 0.2) is 0 Å². The lowest BCUT2D eigenvalue weighted by Gasteiger charge is -2.32. The highest BCUT2D eigenvalue weighted by atomic mass is 32.2. The first kappa shape index (κ1) is 14.2. The van der Waals surface area contributed by atoms with E-state index in [-0.39, 0.29) is 0 Å². The summed E-state index contributed by atoms with van der Waals surface area (Å²) in [5, 5.41) is 4.09. The number of hydrogen-bond acceptors (Lipinski definition) is 3. The number of rotatable bonds is 4. The molecule has 2 unspecified atom stereocenters. The van der Waals surface area contributed by atoms with Crippen LogP contribution in [0.1, 0.15) is 39.0 Å². The number of nitrogens with one attached hydrogen (secondary N) is 1. The van der Waals surface area contributed by atoms with E-state index in [1.54, 1.807) is 0 Å². The lowest BCUT2D eigenvalue weighted by atomic mass is 9.94. The molecule has 3 nitrogen and oxygen atoms in total. The van der Waals surface area contributed by atoms with E-state index < -0.39 is 0 Å². The molecular formula is C14H26N2OS. The Balaban J connectivity index is 1.70. The highest BCUT2D eigenvalue weighted by molar-refractivity contribution is 8.00. The van der Waals surface area contributed by atoms with E-state index in [4.69, 9.17) is 0 Å². The number of carbonyl (C=O) groups is 1. The molecule has 0 saturated carbocycles. The molecule has 0 aliphatic carbocycles.